The van der Waals surface area contributed by atoms with E-state index in [4.69, 9.17) is 0 Å². The third-order valence-electron chi connectivity index (χ3n) is 2.38. The fraction of sp³-hybridized carbons (Fsp3) is 0.900. The van der Waals surface area contributed by atoms with Crippen molar-refractivity contribution < 1.29 is 4.79 Å². The van der Waals surface area contributed by atoms with Crippen LogP contribution in [0.1, 0.15) is 46.5 Å². The molecule has 0 aliphatic rings. The maximum Gasteiger partial charge on any atom is 0.123 e. The number of hydrogen-bond donors (Lipinski definition) is 0. The highest BCUT2D eigenvalue weighted by Gasteiger charge is 2.09. The van der Waals surface area contributed by atoms with Crippen molar-refractivity contribution in [2.45, 2.75) is 46.5 Å². The summed E-state index contributed by atoms with van der Waals surface area (Å²) >= 11 is 0. The monoisotopic (exact) mass is 156 g/mol. The van der Waals surface area contributed by atoms with Crippen LogP contribution in [-0.4, -0.2) is 6.29 Å². The summed E-state index contributed by atoms with van der Waals surface area (Å²) in [7, 11) is 0. The maximum atomic E-state index is 10.4. The van der Waals surface area contributed by atoms with Crippen LogP contribution in [-0.2, 0) is 4.79 Å². The molecular weight excluding hydrogens is 136 g/mol. The highest BCUT2D eigenvalue weighted by molar-refractivity contribution is 5.53. The molecule has 1 nitrogen and oxygen atoms in total. The van der Waals surface area contributed by atoms with E-state index in [1.165, 1.54) is 25.7 Å². The lowest BCUT2D eigenvalue weighted by Crippen LogP contribution is -2.08. The van der Waals surface area contributed by atoms with Crippen LogP contribution in [0.15, 0.2) is 0 Å². The van der Waals surface area contributed by atoms with Gasteiger partial charge in [0.05, 0.1) is 0 Å². The molecule has 0 heterocycles. The van der Waals surface area contributed by atoms with E-state index in [1.807, 2.05) is 6.92 Å². The van der Waals surface area contributed by atoms with Crippen LogP contribution in [0.4, 0.5) is 0 Å². The van der Waals surface area contributed by atoms with Crippen molar-refractivity contribution in [1.29, 1.82) is 0 Å². The minimum atomic E-state index is 0.242. The molecule has 0 saturated carbocycles. The van der Waals surface area contributed by atoms with Crippen molar-refractivity contribution in [1.82, 2.24) is 0 Å². The normalized spacial score (nSPS) is 15.9. The molecule has 66 valence electrons. The fourth-order valence-corrected chi connectivity index (χ4v) is 1.11. The zero-order chi connectivity index (χ0) is 8.69. The summed E-state index contributed by atoms with van der Waals surface area (Å²) in [6.07, 6.45) is 6.11. The third kappa shape index (κ3) is 5.00. The van der Waals surface area contributed by atoms with Gasteiger partial charge >= 0.3 is 0 Å². The average Bonchev–Trinajstić information content (AvgIpc) is 2.03. The Morgan fingerprint density at radius 1 is 1.27 bits per heavy atom. The Bertz CT molecular complexity index is 99.0. The molecule has 11 heavy (non-hydrogen) atoms. The van der Waals surface area contributed by atoms with E-state index in [0.717, 1.165) is 6.29 Å². The van der Waals surface area contributed by atoms with Gasteiger partial charge in [0, 0.05) is 5.92 Å². The van der Waals surface area contributed by atoms with Crippen LogP contribution in [0.2, 0.25) is 0 Å². The quantitative estimate of drug-likeness (QED) is 0.426. The molecule has 0 N–H and O–H groups in total. The van der Waals surface area contributed by atoms with Gasteiger partial charge in [0.15, 0.2) is 0 Å². The number of aldehydes is 1. The molecule has 0 rings (SSSR count). The van der Waals surface area contributed by atoms with Crippen LogP contribution >= 0.6 is 0 Å². The average molecular weight is 156 g/mol. The van der Waals surface area contributed by atoms with E-state index in [0.29, 0.717) is 5.92 Å². The summed E-state index contributed by atoms with van der Waals surface area (Å²) in [6, 6.07) is 0. The van der Waals surface area contributed by atoms with Gasteiger partial charge in [-0.1, -0.05) is 46.5 Å². The first-order chi connectivity index (χ1) is 5.22. The number of rotatable bonds is 6. The molecule has 0 aromatic rings. The van der Waals surface area contributed by atoms with E-state index in [9.17, 15) is 4.79 Å². The standard InChI is InChI=1S/C10H20O/c1-4-5-6-7-9(2)10(3)8-11/h8-10H,4-7H2,1-3H3. The smallest absolute Gasteiger partial charge is 0.123 e. The van der Waals surface area contributed by atoms with Gasteiger partial charge in [-0.15, -0.1) is 0 Å². The van der Waals surface area contributed by atoms with Crippen molar-refractivity contribution >= 4 is 6.29 Å². The maximum absolute atomic E-state index is 10.4. The van der Waals surface area contributed by atoms with Crippen molar-refractivity contribution in [3.63, 3.8) is 0 Å². The topological polar surface area (TPSA) is 17.1 Å². The molecule has 0 aromatic heterocycles. The molecule has 0 aliphatic heterocycles. The summed E-state index contributed by atoms with van der Waals surface area (Å²) < 4.78 is 0. The largest absolute Gasteiger partial charge is 0.303 e. The summed E-state index contributed by atoms with van der Waals surface area (Å²) in [5.41, 5.74) is 0. The predicted molar refractivity (Wildman–Crippen MR) is 48.5 cm³/mol. The van der Waals surface area contributed by atoms with E-state index in [-0.39, 0.29) is 5.92 Å². The second-order valence-electron chi connectivity index (χ2n) is 3.47. The summed E-state index contributed by atoms with van der Waals surface area (Å²) in [4.78, 5) is 10.4. The Morgan fingerprint density at radius 2 is 1.91 bits per heavy atom. The van der Waals surface area contributed by atoms with Gasteiger partial charge in [-0.05, 0) is 5.92 Å². The van der Waals surface area contributed by atoms with E-state index < -0.39 is 0 Å². The van der Waals surface area contributed by atoms with E-state index in [2.05, 4.69) is 13.8 Å². The summed E-state index contributed by atoms with van der Waals surface area (Å²) in [6.45, 7) is 6.37. The SMILES string of the molecule is CCCCCC(C)C(C)C=O. The molecule has 0 fully saturated rings. The first kappa shape index (κ1) is 10.7. The van der Waals surface area contributed by atoms with Gasteiger partial charge in [0.1, 0.15) is 6.29 Å². The lowest BCUT2D eigenvalue weighted by Gasteiger charge is -2.13. The summed E-state index contributed by atoms with van der Waals surface area (Å²) in [5.74, 6) is 0.811. The lowest BCUT2D eigenvalue weighted by atomic mass is 9.92. The van der Waals surface area contributed by atoms with Crippen molar-refractivity contribution in [3.8, 4) is 0 Å². The third-order valence-corrected chi connectivity index (χ3v) is 2.38. The van der Waals surface area contributed by atoms with Gasteiger partial charge in [0.2, 0.25) is 0 Å². The number of hydrogen-bond acceptors (Lipinski definition) is 1. The van der Waals surface area contributed by atoms with Gasteiger partial charge in [-0.25, -0.2) is 0 Å². The van der Waals surface area contributed by atoms with Crippen molar-refractivity contribution in [2.24, 2.45) is 11.8 Å². The Hall–Kier alpha value is -0.330. The Kier molecular flexibility index (Phi) is 6.19. The zero-order valence-electron chi connectivity index (χ0n) is 7.97. The molecule has 2 atom stereocenters. The highest BCUT2D eigenvalue weighted by atomic mass is 16.1. The second-order valence-corrected chi connectivity index (χ2v) is 3.47. The van der Waals surface area contributed by atoms with Crippen LogP contribution in [0.5, 0.6) is 0 Å². The molecule has 0 aromatic carbocycles. The molecule has 2 unspecified atom stereocenters. The van der Waals surface area contributed by atoms with E-state index >= 15 is 0 Å². The Labute approximate surface area is 70.2 Å². The highest BCUT2D eigenvalue weighted by Crippen LogP contribution is 2.16. The molecule has 0 spiro atoms. The number of carbonyl (C=O) groups is 1. The number of unbranched alkanes of at least 4 members (excludes halogenated alkanes) is 2. The van der Waals surface area contributed by atoms with Gasteiger partial charge < -0.3 is 4.79 Å². The molecule has 1 heteroatoms. The molecule has 0 saturated heterocycles. The Morgan fingerprint density at radius 3 is 2.36 bits per heavy atom. The van der Waals surface area contributed by atoms with Crippen molar-refractivity contribution in [3.05, 3.63) is 0 Å². The van der Waals surface area contributed by atoms with Crippen LogP contribution in [0, 0.1) is 11.8 Å². The minimum absolute atomic E-state index is 0.242. The molecule has 0 amide bonds. The lowest BCUT2D eigenvalue weighted by molar-refractivity contribution is -0.111. The van der Waals surface area contributed by atoms with Gasteiger partial charge in [-0.3, -0.25) is 0 Å². The zero-order valence-corrected chi connectivity index (χ0v) is 7.97. The Balaban J connectivity index is 3.35. The molecular formula is C10H20O. The second kappa shape index (κ2) is 6.38. The predicted octanol–water partition coefficient (Wildman–Crippen LogP) is 3.04. The van der Waals surface area contributed by atoms with E-state index in [1.54, 1.807) is 0 Å². The van der Waals surface area contributed by atoms with Crippen LogP contribution in [0.25, 0.3) is 0 Å². The first-order valence-corrected chi connectivity index (χ1v) is 4.67. The van der Waals surface area contributed by atoms with Gasteiger partial charge in [0.25, 0.3) is 0 Å². The van der Waals surface area contributed by atoms with Crippen LogP contribution in [0.3, 0.4) is 0 Å². The van der Waals surface area contributed by atoms with Crippen LogP contribution < -0.4 is 0 Å². The molecule has 0 bridgehead atoms. The van der Waals surface area contributed by atoms with Crippen molar-refractivity contribution in [2.75, 3.05) is 0 Å². The molecule has 0 radical (unpaired) electrons. The summed E-state index contributed by atoms with van der Waals surface area (Å²) in [5, 5.41) is 0. The molecule has 0 aliphatic carbocycles. The fourth-order valence-electron chi connectivity index (χ4n) is 1.11. The minimum Gasteiger partial charge on any atom is -0.303 e. The van der Waals surface area contributed by atoms with Gasteiger partial charge in [-0.2, -0.15) is 0 Å². The first-order valence-electron chi connectivity index (χ1n) is 4.67. The number of carbonyl (C=O) groups excluding carboxylic acids is 1.